The van der Waals surface area contributed by atoms with Crippen LogP contribution in [0.3, 0.4) is 0 Å². The number of carbonyl (C=O) groups excluding carboxylic acids is 2. The lowest BCUT2D eigenvalue weighted by Crippen LogP contribution is -2.31. The summed E-state index contributed by atoms with van der Waals surface area (Å²) < 4.78 is 13.1. The molecule has 0 spiro atoms. The van der Waals surface area contributed by atoms with Crippen LogP contribution in [0.4, 0.5) is 10.1 Å². The number of amides is 2. The van der Waals surface area contributed by atoms with E-state index in [1.165, 1.54) is 36.4 Å². The Morgan fingerprint density at radius 1 is 1.14 bits per heavy atom. The third-order valence-corrected chi connectivity index (χ3v) is 5.01. The molecule has 1 aliphatic rings. The minimum absolute atomic E-state index is 0.0300. The maximum atomic E-state index is 13.1. The third kappa shape index (κ3) is 4.37. The molecule has 2 aromatic carbocycles. The van der Waals surface area contributed by atoms with Crippen molar-refractivity contribution in [2.24, 2.45) is 15.9 Å². The van der Waals surface area contributed by atoms with Gasteiger partial charge in [-0.2, -0.15) is 5.10 Å². The second-order valence-electron chi connectivity index (χ2n) is 6.02. The van der Waals surface area contributed by atoms with Gasteiger partial charge in [-0.05, 0) is 61.0 Å². The number of nitrogens with two attached hydrogens (primary N) is 1. The number of anilines is 1. The van der Waals surface area contributed by atoms with Gasteiger partial charge in [0.15, 0.2) is 5.17 Å². The molecule has 28 heavy (non-hydrogen) atoms. The normalized spacial score (nSPS) is 18.1. The SMILES string of the molecule is C/C(=N/N=C(N)S[C@H]1CC(=O)N(c2ccc(F)cc2)C1=O)c1ccc(O)cc1. The summed E-state index contributed by atoms with van der Waals surface area (Å²) >= 11 is 0.955. The molecule has 0 unspecified atom stereocenters. The molecule has 9 heteroatoms. The van der Waals surface area contributed by atoms with Gasteiger partial charge >= 0.3 is 0 Å². The Morgan fingerprint density at radius 3 is 2.43 bits per heavy atom. The Morgan fingerprint density at radius 2 is 1.79 bits per heavy atom. The van der Waals surface area contributed by atoms with Gasteiger partial charge in [-0.3, -0.25) is 9.59 Å². The molecule has 3 rings (SSSR count). The maximum Gasteiger partial charge on any atom is 0.247 e. The summed E-state index contributed by atoms with van der Waals surface area (Å²) in [7, 11) is 0. The van der Waals surface area contributed by atoms with Crippen LogP contribution in [0.15, 0.2) is 58.7 Å². The van der Waals surface area contributed by atoms with Crippen molar-refractivity contribution in [1.82, 2.24) is 0 Å². The molecule has 2 aromatic rings. The number of halogens is 1. The fraction of sp³-hybridized carbons (Fsp3) is 0.158. The topological polar surface area (TPSA) is 108 Å². The molecular weight excluding hydrogens is 383 g/mol. The lowest BCUT2D eigenvalue weighted by molar-refractivity contribution is -0.121. The predicted octanol–water partition coefficient (Wildman–Crippen LogP) is 2.64. The smallest absolute Gasteiger partial charge is 0.247 e. The molecular formula is C19H17FN4O3S. The van der Waals surface area contributed by atoms with Crippen LogP contribution in [-0.4, -0.2) is 33.1 Å². The van der Waals surface area contributed by atoms with Crippen molar-refractivity contribution in [3.05, 3.63) is 59.9 Å². The van der Waals surface area contributed by atoms with E-state index in [4.69, 9.17) is 5.73 Å². The highest BCUT2D eigenvalue weighted by atomic mass is 32.2. The zero-order valence-electron chi connectivity index (χ0n) is 14.9. The van der Waals surface area contributed by atoms with Gasteiger partial charge in [0.1, 0.15) is 16.8 Å². The van der Waals surface area contributed by atoms with E-state index in [1.807, 2.05) is 0 Å². The lowest BCUT2D eigenvalue weighted by atomic mass is 10.1. The van der Waals surface area contributed by atoms with Crippen molar-refractivity contribution in [3.8, 4) is 5.75 Å². The summed E-state index contributed by atoms with van der Waals surface area (Å²) in [5.74, 6) is -1.12. The molecule has 0 aromatic heterocycles. The largest absolute Gasteiger partial charge is 0.508 e. The number of aromatic hydroxyl groups is 1. The van der Waals surface area contributed by atoms with Crippen molar-refractivity contribution >= 4 is 40.1 Å². The molecule has 0 saturated carbocycles. The van der Waals surface area contributed by atoms with E-state index in [1.54, 1.807) is 19.1 Å². The fourth-order valence-corrected chi connectivity index (χ4v) is 3.42. The van der Waals surface area contributed by atoms with Crippen LogP contribution in [0.1, 0.15) is 18.9 Å². The van der Waals surface area contributed by atoms with Gasteiger partial charge in [-0.25, -0.2) is 9.29 Å². The maximum absolute atomic E-state index is 13.1. The van der Waals surface area contributed by atoms with Crippen LogP contribution in [0.2, 0.25) is 0 Å². The zero-order chi connectivity index (χ0) is 20.3. The second-order valence-corrected chi connectivity index (χ2v) is 7.25. The van der Waals surface area contributed by atoms with E-state index in [0.29, 0.717) is 11.4 Å². The predicted molar refractivity (Wildman–Crippen MR) is 107 cm³/mol. The molecule has 1 atom stereocenters. The van der Waals surface area contributed by atoms with Gasteiger partial charge in [0.05, 0.1) is 11.4 Å². The number of phenolic OH excluding ortho intramolecular Hbond substituents is 1. The quantitative estimate of drug-likeness (QED) is 0.355. The highest BCUT2D eigenvalue weighted by Crippen LogP contribution is 2.29. The molecule has 1 fully saturated rings. The Labute approximate surface area is 164 Å². The Hall–Kier alpha value is -3.20. The summed E-state index contributed by atoms with van der Waals surface area (Å²) in [4.78, 5) is 25.8. The van der Waals surface area contributed by atoms with Gasteiger partial charge in [-0.1, -0.05) is 11.8 Å². The Kier molecular flexibility index (Phi) is 5.74. The van der Waals surface area contributed by atoms with Crippen LogP contribution in [0.25, 0.3) is 0 Å². The van der Waals surface area contributed by atoms with Crippen LogP contribution >= 0.6 is 11.8 Å². The Bertz CT molecular complexity index is 958. The number of nitrogens with zero attached hydrogens (tertiary/aromatic N) is 3. The highest BCUT2D eigenvalue weighted by molar-refractivity contribution is 8.14. The van der Waals surface area contributed by atoms with Crippen LogP contribution < -0.4 is 10.6 Å². The Balaban J connectivity index is 1.69. The van der Waals surface area contributed by atoms with Gasteiger partial charge in [0.2, 0.25) is 11.8 Å². The number of hydrogen-bond donors (Lipinski definition) is 2. The summed E-state index contributed by atoms with van der Waals surface area (Å²) in [6, 6.07) is 11.6. The first-order valence-electron chi connectivity index (χ1n) is 8.31. The van der Waals surface area contributed by atoms with Crippen molar-refractivity contribution in [1.29, 1.82) is 0 Å². The highest BCUT2D eigenvalue weighted by Gasteiger charge is 2.40. The minimum atomic E-state index is -0.717. The van der Waals surface area contributed by atoms with Gasteiger partial charge in [0.25, 0.3) is 0 Å². The number of carbonyl (C=O) groups is 2. The first kappa shape index (κ1) is 19.6. The van der Waals surface area contributed by atoms with E-state index >= 15 is 0 Å². The number of amidine groups is 1. The molecule has 1 aliphatic heterocycles. The molecule has 144 valence electrons. The van der Waals surface area contributed by atoms with Crippen LogP contribution in [0, 0.1) is 5.82 Å². The van der Waals surface area contributed by atoms with E-state index in [2.05, 4.69) is 10.2 Å². The third-order valence-electron chi connectivity index (χ3n) is 4.04. The molecule has 0 radical (unpaired) electrons. The van der Waals surface area contributed by atoms with Crippen molar-refractivity contribution in [2.75, 3.05) is 4.90 Å². The average Bonchev–Trinajstić information content (AvgIpc) is 2.94. The number of imide groups is 1. The summed E-state index contributed by atoms with van der Waals surface area (Å²) in [5.41, 5.74) is 7.50. The van der Waals surface area contributed by atoms with Crippen molar-refractivity contribution < 1.29 is 19.1 Å². The standard InChI is InChI=1S/C19H17FN4O3S/c1-11(12-2-8-15(25)9-3-12)22-23-19(21)28-16-10-17(26)24(18(16)27)14-6-4-13(20)5-7-14/h2-9,16,25H,10H2,1H3,(H2,21,23)/b22-11-/t16-/m0/s1. The first-order chi connectivity index (χ1) is 13.3. The summed E-state index contributed by atoms with van der Waals surface area (Å²) in [6.07, 6.45) is -0.0300. The van der Waals surface area contributed by atoms with Gasteiger partial charge in [0, 0.05) is 6.42 Å². The molecule has 0 bridgehead atoms. The van der Waals surface area contributed by atoms with Gasteiger partial charge in [-0.15, -0.1) is 5.10 Å². The summed E-state index contributed by atoms with van der Waals surface area (Å²) in [5, 5.41) is 16.6. The van der Waals surface area contributed by atoms with E-state index < -0.39 is 17.0 Å². The number of hydrogen-bond acceptors (Lipinski definition) is 6. The molecule has 1 heterocycles. The van der Waals surface area contributed by atoms with E-state index in [-0.39, 0.29) is 23.2 Å². The monoisotopic (exact) mass is 400 g/mol. The van der Waals surface area contributed by atoms with Gasteiger partial charge < -0.3 is 10.8 Å². The number of phenols is 1. The average molecular weight is 400 g/mol. The fourth-order valence-electron chi connectivity index (χ4n) is 2.61. The molecule has 3 N–H and O–H groups in total. The number of benzene rings is 2. The first-order valence-corrected chi connectivity index (χ1v) is 9.19. The van der Waals surface area contributed by atoms with Crippen LogP contribution in [0.5, 0.6) is 5.75 Å². The second kappa shape index (κ2) is 8.22. The number of rotatable bonds is 4. The molecule has 2 amide bonds. The molecule has 7 nitrogen and oxygen atoms in total. The van der Waals surface area contributed by atoms with Crippen molar-refractivity contribution in [3.63, 3.8) is 0 Å². The summed E-state index contributed by atoms with van der Waals surface area (Å²) in [6.45, 7) is 1.73. The van der Waals surface area contributed by atoms with E-state index in [9.17, 15) is 19.1 Å². The van der Waals surface area contributed by atoms with E-state index in [0.717, 1.165) is 22.2 Å². The van der Waals surface area contributed by atoms with Crippen LogP contribution in [-0.2, 0) is 9.59 Å². The minimum Gasteiger partial charge on any atom is -0.508 e. The molecule has 1 saturated heterocycles. The molecule has 0 aliphatic carbocycles. The van der Waals surface area contributed by atoms with Crippen molar-refractivity contribution in [2.45, 2.75) is 18.6 Å². The zero-order valence-corrected chi connectivity index (χ0v) is 15.7. The lowest BCUT2D eigenvalue weighted by Gasteiger charge is -2.14. The number of thioether (sulfide) groups is 1.